The Labute approximate surface area is 56.3 Å². The van der Waals surface area contributed by atoms with Gasteiger partial charge >= 0.3 is 26.6 Å². The van der Waals surface area contributed by atoms with Crippen LogP contribution in [0.5, 0.6) is 0 Å². The molecule has 8 heavy (non-hydrogen) atoms. The minimum absolute atomic E-state index is 0. The zero-order valence-corrected chi connectivity index (χ0v) is 4.82. The fourth-order valence-corrected chi connectivity index (χ4v) is 0. The van der Waals surface area contributed by atoms with Gasteiger partial charge in [-0.3, -0.25) is 0 Å². The monoisotopic (exact) mass is 219 g/mol. The van der Waals surface area contributed by atoms with Gasteiger partial charge in [0.25, 0.3) is 0 Å². The van der Waals surface area contributed by atoms with E-state index in [0.29, 0.717) is 0 Å². The number of aliphatic carboxylic acids is 1. The summed E-state index contributed by atoms with van der Waals surface area (Å²) >= 11 is 0. The first-order valence-corrected chi connectivity index (χ1v) is 1.23. The number of carbonyl (C=O) groups is 1. The standard InChI is InChI=1S/C2HF3O2.Pd/c3-2(4,5)1(6)7;/h(H,6,7);/q;+2/p-1. The summed E-state index contributed by atoms with van der Waals surface area (Å²) in [5.74, 6) is -3.01. The van der Waals surface area contributed by atoms with Gasteiger partial charge in [0.1, 0.15) is 5.97 Å². The molecule has 0 aliphatic rings. The van der Waals surface area contributed by atoms with Gasteiger partial charge in [0.2, 0.25) is 0 Å². The van der Waals surface area contributed by atoms with Crippen molar-refractivity contribution in [3.8, 4) is 0 Å². The van der Waals surface area contributed by atoms with E-state index in [1.165, 1.54) is 0 Å². The number of alkyl halides is 3. The van der Waals surface area contributed by atoms with Crippen LogP contribution in [-0.4, -0.2) is 12.1 Å². The Hall–Kier alpha value is -0.0777. The molecular formula is C2F3O2Pd+. The normalized spacial score (nSPS) is 9.88. The Morgan fingerprint density at radius 3 is 1.50 bits per heavy atom. The maximum atomic E-state index is 10.5. The van der Waals surface area contributed by atoms with Crippen LogP contribution < -0.4 is 5.11 Å². The van der Waals surface area contributed by atoms with Gasteiger partial charge in [-0.05, 0) is 0 Å². The molecule has 0 aromatic rings. The Kier molecular flexibility index (Phi) is 4.13. The number of carboxylic acids is 1. The summed E-state index contributed by atoms with van der Waals surface area (Å²) in [7, 11) is 0. The van der Waals surface area contributed by atoms with Crippen molar-refractivity contribution in [1.82, 2.24) is 0 Å². The molecular weight excluding hydrogens is 219 g/mol. The van der Waals surface area contributed by atoms with Crippen LogP contribution >= 0.6 is 0 Å². The third kappa shape index (κ3) is 4.09. The van der Waals surface area contributed by atoms with Crippen LogP contribution in [0, 0.1) is 0 Å². The molecule has 0 heterocycles. The fraction of sp³-hybridized carbons (Fsp3) is 0.500. The van der Waals surface area contributed by atoms with Gasteiger partial charge < -0.3 is 9.90 Å². The van der Waals surface area contributed by atoms with Crippen molar-refractivity contribution in [2.24, 2.45) is 0 Å². The number of hydrogen-bond acceptors (Lipinski definition) is 2. The summed E-state index contributed by atoms with van der Waals surface area (Å²) in [4.78, 5) is 8.78. The molecule has 0 N–H and O–H groups in total. The van der Waals surface area contributed by atoms with Gasteiger partial charge in [0.05, 0.1) is 0 Å². The Balaban J connectivity index is 0. The van der Waals surface area contributed by atoms with Crippen molar-refractivity contribution < 1.29 is 43.5 Å². The summed E-state index contributed by atoms with van der Waals surface area (Å²) in [6.45, 7) is 0. The first kappa shape index (κ1) is 10.8. The van der Waals surface area contributed by atoms with E-state index >= 15 is 0 Å². The summed E-state index contributed by atoms with van der Waals surface area (Å²) in [5, 5.41) is 8.78. The van der Waals surface area contributed by atoms with Gasteiger partial charge in [-0.25, -0.2) is 0 Å². The summed E-state index contributed by atoms with van der Waals surface area (Å²) in [5.41, 5.74) is 0. The Morgan fingerprint density at radius 1 is 1.38 bits per heavy atom. The molecule has 6 heteroatoms. The van der Waals surface area contributed by atoms with Crippen LogP contribution in [-0.2, 0) is 25.2 Å². The zero-order chi connectivity index (χ0) is 6.08. The second-order valence-corrected chi connectivity index (χ2v) is 0.785. The van der Waals surface area contributed by atoms with Crippen LogP contribution in [0.2, 0.25) is 0 Å². The first-order chi connectivity index (χ1) is 2.94. The van der Waals surface area contributed by atoms with Crippen molar-refractivity contribution in [3.63, 3.8) is 0 Å². The average molecular weight is 219 g/mol. The average Bonchev–Trinajstić information content (AvgIpc) is 1.31. The topological polar surface area (TPSA) is 40.1 Å². The molecule has 0 rings (SSSR count). The molecule has 0 aromatic heterocycles. The van der Waals surface area contributed by atoms with Gasteiger partial charge in [-0.1, -0.05) is 0 Å². The number of halogens is 3. The number of carbonyl (C=O) groups excluding carboxylic acids is 1. The van der Waals surface area contributed by atoms with Crippen molar-refractivity contribution >= 4 is 5.97 Å². The van der Waals surface area contributed by atoms with Crippen molar-refractivity contribution in [1.29, 1.82) is 0 Å². The molecule has 0 spiro atoms. The molecule has 0 aliphatic carbocycles. The van der Waals surface area contributed by atoms with E-state index < -0.39 is 12.1 Å². The molecule has 0 bridgehead atoms. The predicted molar refractivity (Wildman–Crippen MR) is 11.1 cm³/mol. The minimum Gasteiger partial charge on any atom is -0.542 e. The third-order valence-corrected chi connectivity index (χ3v) is 0.231. The smallest absolute Gasteiger partial charge is 0.542 e. The van der Waals surface area contributed by atoms with Crippen LogP contribution in [0.15, 0.2) is 0 Å². The molecule has 0 atom stereocenters. The maximum Gasteiger partial charge on any atom is 2.00 e. The molecule has 2 nitrogen and oxygen atoms in total. The van der Waals surface area contributed by atoms with Gasteiger partial charge in [-0.15, -0.1) is 0 Å². The zero-order valence-electron chi connectivity index (χ0n) is 3.27. The van der Waals surface area contributed by atoms with E-state index in [2.05, 4.69) is 0 Å². The van der Waals surface area contributed by atoms with Crippen LogP contribution in [0.25, 0.3) is 0 Å². The van der Waals surface area contributed by atoms with E-state index in [1.807, 2.05) is 0 Å². The van der Waals surface area contributed by atoms with Gasteiger partial charge in [0.15, 0.2) is 0 Å². The summed E-state index contributed by atoms with van der Waals surface area (Å²) < 4.78 is 31.5. The number of rotatable bonds is 0. The van der Waals surface area contributed by atoms with Crippen LogP contribution in [0.4, 0.5) is 13.2 Å². The second kappa shape index (κ2) is 3.05. The van der Waals surface area contributed by atoms with Crippen LogP contribution in [0.3, 0.4) is 0 Å². The minimum atomic E-state index is -5.19. The fourth-order valence-electron chi connectivity index (χ4n) is 0. The van der Waals surface area contributed by atoms with Crippen LogP contribution in [0.1, 0.15) is 0 Å². The van der Waals surface area contributed by atoms with E-state index in [1.54, 1.807) is 0 Å². The molecule has 0 unspecified atom stereocenters. The molecule has 50 valence electrons. The van der Waals surface area contributed by atoms with Gasteiger partial charge in [-0.2, -0.15) is 13.2 Å². The molecule has 0 radical (unpaired) electrons. The Morgan fingerprint density at radius 2 is 1.50 bits per heavy atom. The number of hydrogen-bond donors (Lipinski definition) is 0. The van der Waals surface area contributed by atoms with Crippen molar-refractivity contribution in [3.05, 3.63) is 0 Å². The first-order valence-electron chi connectivity index (χ1n) is 1.23. The summed E-state index contributed by atoms with van der Waals surface area (Å²) in [6, 6.07) is 0. The molecule has 0 fully saturated rings. The quantitative estimate of drug-likeness (QED) is 0.505. The Bertz CT molecular complexity index is 87.8. The van der Waals surface area contributed by atoms with Crippen molar-refractivity contribution in [2.75, 3.05) is 0 Å². The van der Waals surface area contributed by atoms with Gasteiger partial charge in [0, 0.05) is 0 Å². The number of carboxylic acid groups (broad SMARTS) is 1. The van der Waals surface area contributed by atoms with E-state index in [-0.39, 0.29) is 20.4 Å². The molecule has 0 aliphatic heterocycles. The summed E-state index contributed by atoms with van der Waals surface area (Å²) in [6.07, 6.45) is -5.19. The van der Waals surface area contributed by atoms with E-state index in [0.717, 1.165) is 0 Å². The molecule has 0 saturated heterocycles. The predicted octanol–water partition coefficient (Wildman–Crippen LogP) is -0.704. The largest absolute Gasteiger partial charge is 2.00 e. The molecule has 0 amide bonds. The third-order valence-electron chi connectivity index (χ3n) is 0.231. The van der Waals surface area contributed by atoms with E-state index in [4.69, 9.17) is 9.90 Å². The molecule has 0 saturated carbocycles. The SMILES string of the molecule is O=C([O-])C(F)(F)F.[Pd+2]. The second-order valence-electron chi connectivity index (χ2n) is 0.785. The van der Waals surface area contributed by atoms with Crippen molar-refractivity contribution in [2.45, 2.75) is 6.18 Å². The molecule has 0 aromatic carbocycles. The van der Waals surface area contributed by atoms with E-state index in [9.17, 15) is 13.2 Å². The maximum absolute atomic E-state index is 10.5.